The number of aryl methyl sites for hydroxylation is 1. The van der Waals surface area contributed by atoms with E-state index in [1.807, 2.05) is 46.9 Å². The maximum atomic E-state index is 8.90. The lowest BCUT2D eigenvalue weighted by Crippen LogP contribution is -1.80. The van der Waals surface area contributed by atoms with Gasteiger partial charge in [0, 0.05) is 19.5 Å². The molecule has 0 saturated carbocycles. The predicted molar refractivity (Wildman–Crippen MR) is 106 cm³/mol. The Labute approximate surface area is 152 Å². The standard InChI is InChI=1S/C21H21NS2/c1-2-3-4-5-6-18-11-12-20(23-18)21-14-13-19(24-21)17-9-7-16(15-22)8-10-17/h7-14H,2-6H2,1H3. The molecule has 3 rings (SSSR count). The number of benzene rings is 1. The number of nitrogens with zero attached hydrogens (tertiary/aromatic N) is 1. The van der Waals surface area contributed by atoms with Gasteiger partial charge in [0.15, 0.2) is 0 Å². The van der Waals surface area contributed by atoms with Crippen molar-refractivity contribution in [2.24, 2.45) is 0 Å². The molecule has 1 nitrogen and oxygen atoms in total. The normalized spacial score (nSPS) is 10.7. The van der Waals surface area contributed by atoms with Gasteiger partial charge < -0.3 is 0 Å². The summed E-state index contributed by atoms with van der Waals surface area (Å²) < 4.78 is 0. The molecular weight excluding hydrogens is 330 g/mol. The van der Waals surface area contributed by atoms with Crippen LogP contribution in [0.2, 0.25) is 0 Å². The van der Waals surface area contributed by atoms with E-state index in [1.54, 1.807) is 0 Å². The maximum Gasteiger partial charge on any atom is 0.0991 e. The highest BCUT2D eigenvalue weighted by molar-refractivity contribution is 7.23. The van der Waals surface area contributed by atoms with Crippen molar-refractivity contribution in [3.05, 3.63) is 59.0 Å². The largest absolute Gasteiger partial charge is 0.192 e. The van der Waals surface area contributed by atoms with Gasteiger partial charge in [-0.15, -0.1) is 22.7 Å². The second-order valence-corrected chi connectivity index (χ2v) is 8.18. The minimum atomic E-state index is 0.710. The fraction of sp³-hybridized carbons (Fsp3) is 0.286. The molecule has 0 aliphatic rings. The number of unbranched alkanes of at least 4 members (excludes halogenated alkanes) is 3. The Morgan fingerprint density at radius 2 is 1.50 bits per heavy atom. The molecule has 0 N–H and O–H groups in total. The summed E-state index contributed by atoms with van der Waals surface area (Å²) in [6.45, 7) is 2.26. The molecule has 0 aliphatic heterocycles. The van der Waals surface area contributed by atoms with Crippen LogP contribution >= 0.6 is 22.7 Å². The van der Waals surface area contributed by atoms with E-state index >= 15 is 0 Å². The van der Waals surface area contributed by atoms with E-state index in [1.165, 1.54) is 57.2 Å². The molecule has 3 aromatic rings. The van der Waals surface area contributed by atoms with Gasteiger partial charge in [0.1, 0.15) is 0 Å². The summed E-state index contributed by atoms with van der Waals surface area (Å²) in [4.78, 5) is 5.45. The monoisotopic (exact) mass is 351 g/mol. The van der Waals surface area contributed by atoms with Crippen LogP contribution in [-0.2, 0) is 6.42 Å². The van der Waals surface area contributed by atoms with Crippen molar-refractivity contribution in [3.8, 4) is 26.3 Å². The van der Waals surface area contributed by atoms with Gasteiger partial charge in [-0.1, -0.05) is 38.3 Å². The van der Waals surface area contributed by atoms with Crippen LogP contribution in [0, 0.1) is 11.3 Å². The van der Waals surface area contributed by atoms with E-state index in [0.717, 1.165) is 0 Å². The topological polar surface area (TPSA) is 23.8 Å². The van der Waals surface area contributed by atoms with Crippen LogP contribution in [0.3, 0.4) is 0 Å². The van der Waals surface area contributed by atoms with Crippen LogP contribution in [0.4, 0.5) is 0 Å². The van der Waals surface area contributed by atoms with Gasteiger partial charge in [-0.2, -0.15) is 5.26 Å². The summed E-state index contributed by atoms with van der Waals surface area (Å²) in [5.74, 6) is 0. The zero-order valence-corrected chi connectivity index (χ0v) is 15.6. The molecule has 0 atom stereocenters. The van der Waals surface area contributed by atoms with Gasteiger partial charge in [-0.25, -0.2) is 0 Å². The molecule has 1 aromatic carbocycles. The fourth-order valence-corrected chi connectivity index (χ4v) is 4.86. The van der Waals surface area contributed by atoms with Crippen LogP contribution in [-0.4, -0.2) is 0 Å². The maximum absolute atomic E-state index is 8.90. The van der Waals surface area contributed by atoms with E-state index in [4.69, 9.17) is 5.26 Å². The first kappa shape index (κ1) is 17.0. The SMILES string of the molecule is CCCCCCc1ccc(-c2ccc(-c3ccc(C#N)cc3)s2)s1. The molecule has 0 radical (unpaired) electrons. The second-order valence-electron chi connectivity index (χ2n) is 5.93. The third-order valence-corrected chi connectivity index (χ3v) is 6.56. The van der Waals surface area contributed by atoms with Crippen LogP contribution in [0.5, 0.6) is 0 Å². The third kappa shape index (κ3) is 4.14. The Kier molecular flexibility index (Phi) is 5.85. The van der Waals surface area contributed by atoms with Crippen molar-refractivity contribution in [1.82, 2.24) is 0 Å². The lowest BCUT2D eigenvalue weighted by molar-refractivity contribution is 0.670. The first-order valence-corrected chi connectivity index (χ1v) is 10.1. The van der Waals surface area contributed by atoms with E-state index < -0.39 is 0 Å². The number of nitriles is 1. The zero-order chi connectivity index (χ0) is 16.8. The Morgan fingerprint density at radius 3 is 2.25 bits per heavy atom. The Bertz CT molecular complexity index is 818. The Balaban J connectivity index is 1.69. The van der Waals surface area contributed by atoms with Crippen molar-refractivity contribution in [2.45, 2.75) is 39.0 Å². The van der Waals surface area contributed by atoms with E-state index in [0.29, 0.717) is 5.56 Å². The van der Waals surface area contributed by atoms with E-state index in [-0.39, 0.29) is 0 Å². The number of rotatable bonds is 7. The quantitative estimate of drug-likeness (QED) is 0.415. The van der Waals surface area contributed by atoms with Gasteiger partial charge in [0.05, 0.1) is 11.6 Å². The summed E-state index contributed by atoms with van der Waals surface area (Å²) in [7, 11) is 0. The smallest absolute Gasteiger partial charge is 0.0991 e. The fourth-order valence-electron chi connectivity index (χ4n) is 2.71. The second kappa shape index (κ2) is 8.28. The van der Waals surface area contributed by atoms with Gasteiger partial charge >= 0.3 is 0 Å². The summed E-state index contributed by atoms with van der Waals surface area (Å²) in [6.07, 6.45) is 6.49. The molecule has 0 amide bonds. The summed E-state index contributed by atoms with van der Waals surface area (Å²) in [5.41, 5.74) is 1.89. The molecule has 0 spiro atoms. The van der Waals surface area contributed by atoms with E-state index in [9.17, 15) is 0 Å². The summed E-state index contributed by atoms with van der Waals surface area (Å²) in [6, 6.07) is 18.9. The highest BCUT2D eigenvalue weighted by Crippen LogP contribution is 2.38. The Morgan fingerprint density at radius 1 is 0.792 bits per heavy atom. The lowest BCUT2D eigenvalue weighted by atomic mass is 10.1. The van der Waals surface area contributed by atoms with Crippen LogP contribution < -0.4 is 0 Å². The number of thiophene rings is 2. The predicted octanol–water partition coefficient (Wildman–Crippen LogP) is 7.14. The number of hydrogen-bond donors (Lipinski definition) is 0. The van der Waals surface area contributed by atoms with Crippen LogP contribution in [0.1, 0.15) is 43.0 Å². The van der Waals surface area contributed by atoms with Crippen molar-refractivity contribution >= 4 is 22.7 Å². The average molecular weight is 352 g/mol. The first-order valence-electron chi connectivity index (χ1n) is 8.49. The highest BCUT2D eigenvalue weighted by Gasteiger charge is 2.08. The highest BCUT2D eigenvalue weighted by atomic mass is 32.1. The van der Waals surface area contributed by atoms with Gasteiger partial charge in [0.25, 0.3) is 0 Å². The molecule has 0 bridgehead atoms. The average Bonchev–Trinajstić information content (AvgIpc) is 3.28. The third-order valence-electron chi connectivity index (χ3n) is 4.09. The molecule has 0 saturated heterocycles. The molecule has 2 heterocycles. The van der Waals surface area contributed by atoms with Crippen LogP contribution in [0.25, 0.3) is 20.2 Å². The molecule has 2 aromatic heterocycles. The lowest BCUT2D eigenvalue weighted by Gasteiger charge is -1.97. The van der Waals surface area contributed by atoms with Crippen LogP contribution in [0.15, 0.2) is 48.5 Å². The number of hydrogen-bond acceptors (Lipinski definition) is 3. The summed E-state index contributed by atoms with van der Waals surface area (Å²) >= 11 is 3.75. The van der Waals surface area contributed by atoms with Gasteiger partial charge in [-0.05, 0) is 54.8 Å². The Hall–Kier alpha value is -1.89. The van der Waals surface area contributed by atoms with Crippen molar-refractivity contribution in [1.29, 1.82) is 5.26 Å². The minimum Gasteiger partial charge on any atom is -0.192 e. The molecule has 0 unspecified atom stereocenters. The first-order chi connectivity index (χ1) is 11.8. The molecule has 24 heavy (non-hydrogen) atoms. The molecular formula is C21H21NS2. The van der Waals surface area contributed by atoms with Crippen molar-refractivity contribution in [2.75, 3.05) is 0 Å². The molecule has 0 aliphatic carbocycles. The van der Waals surface area contributed by atoms with E-state index in [2.05, 4.69) is 37.3 Å². The van der Waals surface area contributed by atoms with Gasteiger partial charge in [-0.3, -0.25) is 0 Å². The molecule has 122 valence electrons. The summed E-state index contributed by atoms with van der Waals surface area (Å²) in [5, 5.41) is 8.90. The minimum absolute atomic E-state index is 0.710. The zero-order valence-electron chi connectivity index (χ0n) is 13.9. The van der Waals surface area contributed by atoms with Gasteiger partial charge in [0.2, 0.25) is 0 Å². The molecule has 3 heteroatoms. The van der Waals surface area contributed by atoms with Crippen molar-refractivity contribution < 1.29 is 0 Å². The van der Waals surface area contributed by atoms with Crippen molar-refractivity contribution in [3.63, 3.8) is 0 Å². The molecule has 0 fully saturated rings.